The van der Waals surface area contributed by atoms with Crippen LogP contribution >= 0.6 is 19.1 Å². The largest absolute Gasteiger partial charge is 0.497 e. The van der Waals surface area contributed by atoms with Crippen molar-refractivity contribution in [2.24, 2.45) is 0 Å². The Balaban J connectivity index is 2.19. The summed E-state index contributed by atoms with van der Waals surface area (Å²) in [7, 11) is 0.762. The van der Waals surface area contributed by atoms with Crippen molar-refractivity contribution in [1.82, 2.24) is 4.67 Å². The SMILES string of the molecule is CCOC(=O)CN1C(c2ccc(Cl)cc2)CC(OC)COP1(=O)c1ccc(OC)cc1OC. The highest BCUT2D eigenvalue weighted by Crippen LogP contribution is 2.58. The molecule has 0 radical (unpaired) electrons. The number of carbonyl (C=O) groups is 1. The predicted octanol–water partition coefficient (Wildman–Crippen LogP) is 4.22. The lowest BCUT2D eigenvalue weighted by Gasteiger charge is -2.35. The number of benzene rings is 2. The normalized spacial score (nSPS) is 23.5. The number of hydrogen-bond acceptors (Lipinski definition) is 7. The molecule has 0 aliphatic carbocycles. The molecule has 0 aromatic heterocycles. The van der Waals surface area contributed by atoms with Crippen LogP contribution < -0.4 is 14.8 Å². The van der Waals surface area contributed by atoms with E-state index in [2.05, 4.69) is 0 Å². The molecule has 0 N–H and O–H groups in total. The van der Waals surface area contributed by atoms with Crippen molar-refractivity contribution in [3.05, 3.63) is 53.1 Å². The fourth-order valence-corrected chi connectivity index (χ4v) is 6.46. The van der Waals surface area contributed by atoms with E-state index >= 15 is 0 Å². The molecular formula is C23H29ClNO7P. The van der Waals surface area contributed by atoms with Crippen molar-refractivity contribution in [2.45, 2.75) is 25.5 Å². The van der Waals surface area contributed by atoms with Gasteiger partial charge in [0.2, 0.25) is 0 Å². The topological polar surface area (TPSA) is 83.5 Å². The highest BCUT2D eigenvalue weighted by molar-refractivity contribution is 7.65. The summed E-state index contributed by atoms with van der Waals surface area (Å²) >= 11 is 6.10. The van der Waals surface area contributed by atoms with Crippen molar-refractivity contribution in [1.29, 1.82) is 0 Å². The van der Waals surface area contributed by atoms with E-state index in [1.807, 2.05) is 12.1 Å². The molecule has 3 unspecified atom stereocenters. The zero-order chi connectivity index (χ0) is 24.0. The van der Waals surface area contributed by atoms with Gasteiger partial charge in [-0.15, -0.1) is 0 Å². The molecule has 0 bridgehead atoms. The van der Waals surface area contributed by atoms with Gasteiger partial charge >= 0.3 is 13.5 Å². The van der Waals surface area contributed by atoms with Gasteiger partial charge in [-0.3, -0.25) is 9.36 Å². The summed E-state index contributed by atoms with van der Waals surface area (Å²) < 4.78 is 44.0. The first-order chi connectivity index (χ1) is 15.9. The monoisotopic (exact) mass is 497 g/mol. The molecule has 1 saturated heterocycles. The lowest BCUT2D eigenvalue weighted by Crippen LogP contribution is -2.35. The van der Waals surface area contributed by atoms with Crippen molar-refractivity contribution in [3.63, 3.8) is 0 Å². The third-order valence-electron chi connectivity index (χ3n) is 5.50. The number of hydrogen-bond donors (Lipinski definition) is 0. The lowest BCUT2D eigenvalue weighted by molar-refractivity contribution is -0.143. The van der Waals surface area contributed by atoms with Gasteiger partial charge in [-0.2, -0.15) is 0 Å². The average Bonchev–Trinajstić information content (AvgIpc) is 2.96. The van der Waals surface area contributed by atoms with Crippen molar-refractivity contribution < 1.29 is 32.8 Å². The fourth-order valence-electron chi connectivity index (χ4n) is 3.81. The molecule has 1 heterocycles. The summed E-state index contributed by atoms with van der Waals surface area (Å²) in [4.78, 5) is 12.6. The highest BCUT2D eigenvalue weighted by Gasteiger charge is 2.46. The van der Waals surface area contributed by atoms with Crippen LogP contribution in [-0.4, -0.2) is 57.8 Å². The molecule has 0 saturated carbocycles. The minimum Gasteiger partial charge on any atom is -0.497 e. The van der Waals surface area contributed by atoms with Crippen LogP contribution in [0.3, 0.4) is 0 Å². The van der Waals surface area contributed by atoms with Gasteiger partial charge < -0.3 is 23.5 Å². The molecule has 3 atom stereocenters. The Bertz CT molecular complexity index is 1000. The van der Waals surface area contributed by atoms with E-state index in [4.69, 9.17) is 35.1 Å². The van der Waals surface area contributed by atoms with E-state index in [0.29, 0.717) is 28.2 Å². The van der Waals surface area contributed by atoms with E-state index in [1.54, 1.807) is 49.0 Å². The molecule has 180 valence electrons. The van der Waals surface area contributed by atoms with Crippen LogP contribution in [0.5, 0.6) is 11.5 Å². The molecule has 10 heteroatoms. The molecular weight excluding hydrogens is 469 g/mol. The van der Waals surface area contributed by atoms with Gasteiger partial charge in [0.1, 0.15) is 18.0 Å². The second-order valence-corrected chi connectivity index (χ2v) is 10.1. The minimum atomic E-state index is -3.83. The van der Waals surface area contributed by atoms with Crippen LogP contribution in [0.15, 0.2) is 42.5 Å². The molecule has 1 fully saturated rings. The number of methoxy groups -OCH3 is 3. The Labute approximate surface area is 199 Å². The summed E-state index contributed by atoms with van der Waals surface area (Å²) in [6.45, 7) is 1.76. The molecule has 3 rings (SSSR count). The molecule has 0 spiro atoms. The van der Waals surface area contributed by atoms with Gasteiger partial charge in [0, 0.05) is 24.2 Å². The Morgan fingerprint density at radius 3 is 2.48 bits per heavy atom. The maximum atomic E-state index is 14.7. The number of halogens is 1. The van der Waals surface area contributed by atoms with Gasteiger partial charge in [-0.05, 0) is 43.2 Å². The third-order valence-corrected chi connectivity index (χ3v) is 8.32. The van der Waals surface area contributed by atoms with Crippen LogP contribution in [0.2, 0.25) is 5.02 Å². The average molecular weight is 498 g/mol. The van der Waals surface area contributed by atoms with Crippen LogP contribution in [0.1, 0.15) is 24.9 Å². The summed E-state index contributed by atoms with van der Waals surface area (Å²) in [5, 5.41) is 0.898. The Kier molecular flexibility index (Phi) is 8.79. The second-order valence-electron chi connectivity index (χ2n) is 7.42. The van der Waals surface area contributed by atoms with E-state index in [-0.39, 0.29) is 25.9 Å². The molecule has 2 aromatic rings. The Morgan fingerprint density at radius 2 is 1.88 bits per heavy atom. The summed E-state index contributed by atoms with van der Waals surface area (Å²) in [5.41, 5.74) is 0.823. The summed E-state index contributed by atoms with van der Waals surface area (Å²) in [6.07, 6.45) is 0.0930. The standard InChI is InChI=1S/C23H29ClNO7P/c1-5-31-23(26)14-25-20(16-6-8-17(24)9-7-16)12-19(29-3)15-32-33(25,27)22-11-10-18(28-2)13-21(22)30-4/h6-11,13,19-20H,5,12,14-15H2,1-4H3. The quantitative estimate of drug-likeness (QED) is 0.396. The third kappa shape index (κ3) is 5.70. The second kappa shape index (κ2) is 11.4. The predicted molar refractivity (Wildman–Crippen MR) is 126 cm³/mol. The number of ether oxygens (including phenoxy) is 4. The molecule has 33 heavy (non-hydrogen) atoms. The first-order valence-electron chi connectivity index (χ1n) is 10.5. The highest BCUT2D eigenvalue weighted by atomic mass is 35.5. The fraction of sp³-hybridized carbons (Fsp3) is 0.435. The van der Waals surface area contributed by atoms with Crippen molar-refractivity contribution in [3.8, 4) is 11.5 Å². The van der Waals surface area contributed by atoms with E-state index < -0.39 is 19.5 Å². The van der Waals surface area contributed by atoms with E-state index in [9.17, 15) is 9.36 Å². The van der Waals surface area contributed by atoms with E-state index in [0.717, 1.165) is 5.56 Å². The first kappa shape index (κ1) is 25.5. The Morgan fingerprint density at radius 1 is 1.15 bits per heavy atom. The maximum absolute atomic E-state index is 14.7. The number of rotatable bonds is 8. The molecule has 1 aliphatic rings. The maximum Gasteiger partial charge on any atom is 0.320 e. The zero-order valence-electron chi connectivity index (χ0n) is 19.2. The minimum absolute atomic E-state index is 0.0758. The molecule has 0 amide bonds. The molecule has 8 nitrogen and oxygen atoms in total. The number of nitrogens with zero attached hydrogens (tertiary/aromatic N) is 1. The smallest absolute Gasteiger partial charge is 0.320 e. The van der Waals surface area contributed by atoms with Gasteiger partial charge in [0.25, 0.3) is 0 Å². The van der Waals surface area contributed by atoms with Gasteiger partial charge in [-0.25, -0.2) is 4.67 Å². The van der Waals surface area contributed by atoms with E-state index in [1.165, 1.54) is 14.2 Å². The Hall–Kier alpha value is -2.09. The lowest BCUT2D eigenvalue weighted by atomic mass is 10.0. The van der Waals surface area contributed by atoms with Crippen molar-refractivity contribution in [2.75, 3.05) is 41.1 Å². The van der Waals surface area contributed by atoms with Crippen molar-refractivity contribution >= 4 is 30.4 Å². The number of carbonyl (C=O) groups excluding carboxylic acids is 1. The summed E-state index contributed by atoms with van der Waals surface area (Å²) in [5.74, 6) is 0.360. The zero-order valence-corrected chi connectivity index (χ0v) is 20.8. The van der Waals surface area contributed by atoms with Crippen LogP contribution in [0.4, 0.5) is 0 Å². The first-order valence-corrected chi connectivity index (χ1v) is 12.5. The molecule has 2 aromatic carbocycles. The van der Waals surface area contributed by atoms with Crippen LogP contribution in [-0.2, 0) is 23.4 Å². The van der Waals surface area contributed by atoms with Gasteiger partial charge in [0.15, 0.2) is 0 Å². The van der Waals surface area contributed by atoms with Gasteiger partial charge in [0.05, 0.1) is 38.8 Å². The summed E-state index contributed by atoms with van der Waals surface area (Å²) in [6, 6.07) is 11.7. The van der Waals surface area contributed by atoms with Crippen LogP contribution in [0.25, 0.3) is 0 Å². The van der Waals surface area contributed by atoms with Gasteiger partial charge in [-0.1, -0.05) is 23.7 Å². The molecule has 1 aliphatic heterocycles. The van der Waals surface area contributed by atoms with Crippen LogP contribution in [0, 0.1) is 0 Å². The number of esters is 1.